The summed E-state index contributed by atoms with van der Waals surface area (Å²) in [4.78, 5) is 19.3. The number of amides is 1. The van der Waals surface area contributed by atoms with Crippen molar-refractivity contribution in [2.24, 2.45) is 0 Å². The lowest BCUT2D eigenvalue weighted by atomic mass is 10.1. The summed E-state index contributed by atoms with van der Waals surface area (Å²) in [7, 11) is 0. The topological polar surface area (TPSA) is 42.4 Å². The van der Waals surface area contributed by atoms with Crippen LogP contribution in [0, 0.1) is 11.6 Å². The van der Waals surface area contributed by atoms with Crippen LogP contribution in [0.25, 0.3) is 10.2 Å². The molecule has 0 saturated heterocycles. The van der Waals surface area contributed by atoms with Crippen molar-refractivity contribution in [1.82, 2.24) is 4.98 Å². The molecule has 7 heteroatoms. The molecule has 0 aliphatic carbocycles. The highest BCUT2D eigenvalue weighted by Crippen LogP contribution is 2.33. The number of ether oxygens (including phenoxy) is 1. The number of carbonyl (C=O) groups excluding carboxylic acids is 1. The lowest BCUT2D eigenvalue weighted by Crippen LogP contribution is -2.30. The second-order valence-electron chi connectivity index (χ2n) is 7.69. The van der Waals surface area contributed by atoms with Gasteiger partial charge in [-0.15, -0.1) is 0 Å². The van der Waals surface area contributed by atoms with Crippen LogP contribution in [0.1, 0.15) is 42.1 Å². The summed E-state index contributed by atoms with van der Waals surface area (Å²) in [5, 5.41) is 0.309. The van der Waals surface area contributed by atoms with Crippen molar-refractivity contribution in [3.63, 3.8) is 0 Å². The summed E-state index contributed by atoms with van der Waals surface area (Å²) < 4.78 is 34.0. The molecule has 0 N–H and O–H groups in total. The van der Waals surface area contributed by atoms with Gasteiger partial charge in [0, 0.05) is 11.6 Å². The van der Waals surface area contributed by atoms with Gasteiger partial charge in [-0.2, -0.15) is 0 Å². The number of benzene rings is 3. The second-order valence-corrected chi connectivity index (χ2v) is 8.70. The number of aromatic nitrogens is 1. The molecule has 0 spiro atoms. The molecule has 1 aromatic heterocycles. The number of hydrogen-bond donors (Lipinski definition) is 0. The highest BCUT2D eigenvalue weighted by atomic mass is 32.1. The number of halogens is 2. The van der Waals surface area contributed by atoms with E-state index in [0.29, 0.717) is 27.8 Å². The van der Waals surface area contributed by atoms with Gasteiger partial charge in [0.15, 0.2) is 10.9 Å². The zero-order valence-corrected chi connectivity index (χ0v) is 19.1. The molecule has 1 heterocycles. The monoisotopic (exact) mass is 466 g/mol. The second kappa shape index (κ2) is 10.5. The van der Waals surface area contributed by atoms with Crippen molar-refractivity contribution in [3.05, 3.63) is 89.5 Å². The van der Waals surface area contributed by atoms with Crippen LogP contribution >= 0.6 is 11.3 Å². The number of carbonyl (C=O) groups is 1. The largest absolute Gasteiger partial charge is 0.494 e. The molecule has 0 bridgehead atoms. The van der Waals surface area contributed by atoms with E-state index in [-0.39, 0.29) is 18.0 Å². The molecule has 0 aliphatic rings. The summed E-state index contributed by atoms with van der Waals surface area (Å²) in [5.41, 5.74) is 1.41. The van der Waals surface area contributed by atoms with Gasteiger partial charge in [-0.05, 0) is 42.3 Å². The molecule has 170 valence electrons. The van der Waals surface area contributed by atoms with E-state index in [1.807, 2.05) is 30.3 Å². The van der Waals surface area contributed by atoms with Crippen molar-refractivity contribution in [3.8, 4) is 5.75 Å². The van der Waals surface area contributed by atoms with Crippen LogP contribution in [0.5, 0.6) is 5.75 Å². The van der Waals surface area contributed by atoms with Crippen molar-refractivity contribution in [2.45, 2.75) is 32.7 Å². The van der Waals surface area contributed by atoms with E-state index < -0.39 is 11.6 Å². The Labute approximate surface area is 195 Å². The Morgan fingerprint density at radius 3 is 2.52 bits per heavy atom. The number of hydrogen-bond acceptors (Lipinski definition) is 4. The first-order valence-corrected chi connectivity index (χ1v) is 11.7. The molecule has 0 radical (unpaired) electrons. The van der Waals surface area contributed by atoms with Crippen LogP contribution in [0.15, 0.2) is 66.7 Å². The molecule has 4 rings (SSSR count). The Morgan fingerprint density at radius 1 is 1.03 bits per heavy atom. The summed E-state index contributed by atoms with van der Waals surface area (Å²) >= 11 is 1.08. The van der Waals surface area contributed by atoms with Crippen LogP contribution in [-0.4, -0.2) is 17.5 Å². The first-order chi connectivity index (χ1) is 16.0. The lowest BCUT2D eigenvalue weighted by Gasteiger charge is -2.20. The van der Waals surface area contributed by atoms with E-state index in [9.17, 15) is 13.6 Å². The molecule has 1 amide bonds. The summed E-state index contributed by atoms with van der Waals surface area (Å²) in [6.45, 7) is 3.02. The van der Waals surface area contributed by atoms with Crippen molar-refractivity contribution < 1.29 is 18.3 Å². The first-order valence-electron chi connectivity index (χ1n) is 10.9. The van der Waals surface area contributed by atoms with Gasteiger partial charge in [-0.1, -0.05) is 61.4 Å². The highest BCUT2D eigenvalue weighted by molar-refractivity contribution is 7.22. The predicted molar refractivity (Wildman–Crippen MR) is 128 cm³/mol. The van der Waals surface area contributed by atoms with Gasteiger partial charge < -0.3 is 4.74 Å². The van der Waals surface area contributed by atoms with Crippen molar-refractivity contribution >= 4 is 32.6 Å². The Kier molecular flexibility index (Phi) is 7.29. The maximum absolute atomic E-state index is 14.3. The normalized spacial score (nSPS) is 11.0. The van der Waals surface area contributed by atoms with Gasteiger partial charge in [0.1, 0.15) is 17.1 Å². The van der Waals surface area contributed by atoms with Crippen LogP contribution in [0.2, 0.25) is 0 Å². The highest BCUT2D eigenvalue weighted by Gasteiger charge is 2.23. The quantitative estimate of drug-likeness (QED) is 0.250. The molecule has 0 unspecified atom stereocenters. The summed E-state index contributed by atoms with van der Waals surface area (Å²) in [6.07, 6.45) is 3.21. The van der Waals surface area contributed by atoms with Crippen LogP contribution in [0.4, 0.5) is 13.9 Å². The Hall–Kier alpha value is -3.32. The fraction of sp³-hybridized carbons (Fsp3) is 0.231. The SMILES string of the molecule is CCCCCOc1ccc(C(=O)N(Cc2ccccc2)c2nc3c(F)cc(F)cc3s2)cc1. The molecule has 4 aromatic rings. The molecule has 0 aliphatic heterocycles. The molecule has 4 nitrogen and oxygen atoms in total. The third-order valence-electron chi connectivity index (χ3n) is 5.18. The number of anilines is 1. The molecule has 0 atom stereocenters. The van der Waals surface area contributed by atoms with Gasteiger partial charge in [0.05, 0.1) is 17.9 Å². The average Bonchev–Trinajstić information content (AvgIpc) is 3.25. The fourth-order valence-electron chi connectivity index (χ4n) is 3.44. The zero-order chi connectivity index (χ0) is 23.2. The van der Waals surface area contributed by atoms with Gasteiger partial charge >= 0.3 is 0 Å². The molecule has 0 saturated carbocycles. The fourth-order valence-corrected chi connectivity index (χ4v) is 4.45. The maximum atomic E-state index is 14.3. The summed E-state index contributed by atoms with van der Waals surface area (Å²) in [5.74, 6) is -0.999. The van der Waals surface area contributed by atoms with Crippen LogP contribution in [-0.2, 0) is 6.54 Å². The number of nitrogens with zero attached hydrogens (tertiary/aromatic N) is 2. The Bertz CT molecular complexity index is 1230. The van der Waals surface area contributed by atoms with Gasteiger partial charge in [0.25, 0.3) is 5.91 Å². The van der Waals surface area contributed by atoms with E-state index in [2.05, 4.69) is 11.9 Å². The molecular weight excluding hydrogens is 442 g/mol. The summed E-state index contributed by atoms with van der Waals surface area (Å²) in [6, 6.07) is 18.5. The third-order valence-corrected chi connectivity index (χ3v) is 6.20. The minimum Gasteiger partial charge on any atom is -0.494 e. The van der Waals surface area contributed by atoms with Gasteiger partial charge in [-0.25, -0.2) is 13.8 Å². The minimum atomic E-state index is -0.746. The van der Waals surface area contributed by atoms with Crippen molar-refractivity contribution in [2.75, 3.05) is 11.5 Å². The van der Waals surface area contributed by atoms with Crippen molar-refractivity contribution in [1.29, 1.82) is 0 Å². The van der Waals surface area contributed by atoms with E-state index >= 15 is 0 Å². The van der Waals surface area contributed by atoms with Gasteiger partial charge in [-0.3, -0.25) is 9.69 Å². The lowest BCUT2D eigenvalue weighted by molar-refractivity contribution is 0.0985. The number of fused-ring (bicyclic) bond motifs is 1. The van der Waals surface area contributed by atoms with E-state index in [1.54, 1.807) is 24.3 Å². The van der Waals surface area contributed by atoms with E-state index in [1.165, 1.54) is 11.0 Å². The number of unbranched alkanes of at least 4 members (excludes halogenated alkanes) is 2. The van der Waals surface area contributed by atoms with Crippen LogP contribution < -0.4 is 9.64 Å². The minimum absolute atomic E-state index is 0.0538. The molecule has 0 fully saturated rings. The smallest absolute Gasteiger partial charge is 0.260 e. The third kappa shape index (κ3) is 5.54. The zero-order valence-electron chi connectivity index (χ0n) is 18.3. The molecule has 3 aromatic carbocycles. The van der Waals surface area contributed by atoms with Crippen LogP contribution in [0.3, 0.4) is 0 Å². The van der Waals surface area contributed by atoms with Gasteiger partial charge in [0.2, 0.25) is 0 Å². The Morgan fingerprint density at radius 2 is 1.79 bits per heavy atom. The maximum Gasteiger partial charge on any atom is 0.260 e. The average molecular weight is 467 g/mol. The predicted octanol–water partition coefficient (Wildman–Crippen LogP) is 6.99. The Balaban J connectivity index is 1.62. The molecular formula is C26H24F2N2O2S. The van der Waals surface area contributed by atoms with E-state index in [0.717, 1.165) is 42.2 Å². The number of thiazole rings is 1. The molecule has 33 heavy (non-hydrogen) atoms. The van der Waals surface area contributed by atoms with E-state index in [4.69, 9.17) is 4.74 Å². The number of rotatable bonds is 9. The first kappa shape index (κ1) is 22.9. The standard InChI is InChI=1S/C26H24F2N2O2S/c1-2-3-7-14-32-21-12-10-19(11-13-21)25(31)30(17-18-8-5-4-6-9-18)26-29-24-22(28)15-20(27)16-23(24)33-26/h4-6,8-13,15-16H,2-3,7,14,17H2,1H3.